The molecule has 0 radical (unpaired) electrons. The van der Waals surface area contributed by atoms with Crippen LogP contribution in [0.3, 0.4) is 0 Å². The van der Waals surface area contributed by atoms with Gasteiger partial charge in [0.1, 0.15) is 0 Å². The van der Waals surface area contributed by atoms with E-state index in [0.717, 1.165) is 43.6 Å². The molecule has 1 aromatic carbocycles. The average Bonchev–Trinajstić information content (AvgIpc) is 2.74. The minimum atomic E-state index is 0.781. The van der Waals surface area contributed by atoms with Crippen LogP contribution in [-0.4, -0.2) is 42.5 Å². The van der Waals surface area contributed by atoms with Crippen molar-refractivity contribution >= 4 is 5.96 Å². The summed E-state index contributed by atoms with van der Waals surface area (Å²) in [6.45, 7) is 7.41. The third-order valence-corrected chi connectivity index (χ3v) is 5.46. The Labute approximate surface area is 169 Å². The monoisotopic (exact) mass is 379 g/mol. The summed E-state index contributed by atoms with van der Waals surface area (Å²) < 4.78 is 0. The zero-order valence-corrected chi connectivity index (χ0v) is 17.2. The van der Waals surface area contributed by atoms with E-state index in [1.54, 1.807) is 0 Å². The van der Waals surface area contributed by atoms with E-state index >= 15 is 0 Å². The lowest BCUT2D eigenvalue weighted by Gasteiger charge is -2.30. The number of hydrogen-bond donors (Lipinski definition) is 2. The summed E-state index contributed by atoms with van der Waals surface area (Å²) in [6.07, 6.45) is 5.34. The molecule has 1 aliphatic heterocycles. The van der Waals surface area contributed by atoms with Gasteiger partial charge in [0, 0.05) is 45.0 Å². The van der Waals surface area contributed by atoms with E-state index in [-0.39, 0.29) is 0 Å². The van der Waals surface area contributed by atoms with Gasteiger partial charge in [-0.1, -0.05) is 37.3 Å². The largest absolute Gasteiger partial charge is 0.356 e. The summed E-state index contributed by atoms with van der Waals surface area (Å²) >= 11 is 0. The molecule has 1 saturated heterocycles. The fraction of sp³-hybridized carbons (Fsp3) is 0.478. The van der Waals surface area contributed by atoms with Gasteiger partial charge in [0.05, 0.1) is 0 Å². The molecular weight excluding hydrogens is 346 g/mol. The Morgan fingerprint density at radius 3 is 2.54 bits per heavy atom. The molecule has 150 valence electrons. The van der Waals surface area contributed by atoms with Gasteiger partial charge in [-0.3, -0.25) is 14.9 Å². The summed E-state index contributed by atoms with van der Waals surface area (Å²) in [5.41, 5.74) is 3.84. The van der Waals surface area contributed by atoms with E-state index in [0.29, 0.717) is 0 Å². The maximum absolute atomic E-state index is 4.36. The minimum absolute atomic E-state index is 0.781. The molecule has 0 spiro atoms. The van der Waals surface area contributed by atoms with Crippen molar-refractivity contribution in [1.82, 2.24) is 20.5 Å². The molecule has 0 amide bonds. The normalized spacial score (nSPS) is 16.1. The Bertz CT molecular complexity index is 736. The van der Waals surface area contributed by atoms with Crippen molar-refractivity contribution in [3.05, 3.63) is 65.5 Å². The molecule has 28 heavy (non-hydrogen) atoms. The molecule has 0 bridgehead atoms. The number of aromatic nitrogens is 1. The van der Waals surface area contributed by atoms with E-state index < -0.39 is 0 Å². The second-order valence-electron chi connectivity index (χ2n) is 7.65. The van der Waals surface area contributed by atoms with Crippen LogP contribution in [0.5, 0.6) is 0 Å². The number of hydrogen-bond acceptors (Lipinski definition) is 3. The Kier molecular flexibility index (Phi) is 7.85. The second-order valence-corrected chi connectivity index (χ2v) is 7.65. The SMILES string of the molecule is CN=C(NCCc1ccccn1)NCc1ccccc1CN1CCC(C)CC1. The highest BCUT2D eigenvalue weighted by Gasteiger charge is 2.16. The lowest BCUT2D eigenvalue weighted by Crippen LogP contribution is -2.38. The number of benzene rings is 1. The second kappa shape index (κ2) is 10.8. The van der Waals surface area contributed by atoms with E-state index in [4.69, 9.17) is 0 Å². The number of piperidine rings is 1. The zero-order chi connectivity index (χ0) is 19.6. The van der Waals surface area contributed by atoms with Gasteiger partial charge in [-0.25, -0.2) is 0 Å². The van der Waals surface area contributed by atoms with Crippen LogP contribution in [0.25, 0.3) is 0 Å². The Balaban J connectivity index is 1.48. The third-order valence-electron chi connectivity index (χ3n) is 5.46. The Morgan fingerprint density at radius 1 is 1.07 bits per heavy atom. The van der Waals surface area contributed by atoms with Crippen LogP contribution >= 0.6 is 0 Å². The molecule has 0 aliphatic carbocycles. The van der Waals surface area contributed by atoms with Crippen molar-refractivity contribution in [3.8, 4) is 0 Å². The first-order valence-corrected chi connectivity index (χ1v) is 10.4. The van der Waals surface area contributed by atoms with Crippen molar-refractivity contribution in [1.29, 1.82) is 0 Å². The van der Waals surface area contributed by atoms with E-state index in [2.05, 4.69) is 62.8 Å². The quantitative estimate of drug-likeness (QED) is 0.573. The van der Waals surface area contributed by atoms with Gasteiger partial charge in [-0.15, -0.1) is 0 Å². The molecule has 5 nitrogen and oxygen atoms in total. The van der Waals surface area contributed by atoms with Gasteiger partial charge in [0.15, 0.2) is 5.96 Å². The summed E-state index contributed by atoms with van der Waals surface area (Å²) in [4.78, 5) is 11.3. The number of aliphatic imine (C=N–C) groups is 1. The first-order chi connectivity index (χ1) is 13.7. The molecule has 0 unspecified atom stereocenters. The van der Waals surface area contributed by atoms with Crippen molar-refractivity contribution in [2.24, 2.45) is 10.9 Å². The maximum atomic E-state index is 4.36. The molecule has 0 atom stereocenters. The van der Waals surface area contributed by atoms with Crippen LogP contribution in [0, 0.1) is 5.92 Å². The highest BCUT2D eigenvalue weighted by atomic mass is 15.2. The molecule has 3 rings (SSSR count). The van der Waals surface area contributed by atoms with E-state index in [1.807, 2.05) is 25.4 Å². The third kappa shape index (κ3) is 6.34. The molecule has 2 heterocycles. The van der Waals surface area contributed by atoms with Gasteiger partial charge in [0.2, 0.25) is 0 Å². The molecule has 0 saturated carbocycles. The number of guanidine groups is 1. The molecule has 2 N–H and O–H groups in total. The maximum Gasteiger partial charge on any atom is 0.191 e. The molecule has 2 aromatic rings. The number of rotatable bonds is 7. The summed E-state index contributed by atoms with van der Waals surface area (Å²) in [6, 6.07) is 14.8. The summed E-state index contributed by atoms with van der Waals surface area (Å²) in [5, 5.41) is 6.84. The fourth-order valence-electron chi connectivity index (χ4n) is 3.60. The van der Waals surface area contributed by atoms with Crippen LogP contribution in [0.4, 0.5) is 0 Å². The van der Waals surface area contributed by atoms with E-state index in [9.17, 15) is 0 Å². The van der Waals surface area contributed by atoms with Crippen molar-refractivity contribution in [2.45, 2.75) is 39.3 Å². The van der Waals surface area contributed by atoms with Gasteiger partial charge in [0.25, 0.3) is 0 Å². The molecule has 5 heteroatoms. The minimum Gasteiger partial charge on any atom is -0.356 e. The predicted octanol–water partition coefficient (Wildman–Crippen LogP) is 3.22. The average molecular weight is 380 g/mol. The number of nitrogens with one attached hydrogen (secondary N) is 2. The Hall–Kier alpha value is -2.40. The van der Waals surface area contributed by atoms with Gasteiger partial charge in [-0.2, -0.15) is 0 Å². The van der Waals surface area contributed by atoms with Crippen molar-refractivity contribution in [2.75, 3.05) is 26.7 Å². The summed E-state index contributed by atoms with van der Waals surface area (Å²) in [7, 11) is 1.82. The summed E-state index contributed by atoms with van der Waals surface area (Å²) in [5.74, 6) is 1.70. The predicted molar refractivity (Wildman–Crippen MR) is 116 cm³/mol. The van der Waals surface area contributed by atoms with Crippen LogP contribution in [0.1, 0.15) is 36.6 Å². The Morgan fingerprint density at radius 2 is 1.82 bits per heavy atom. The molecule has 1 aliphatic rings. The smallest absolute Gasteiger partial charge is 0.191 e. The van der Waals surface area contributed by atoms with Crippen molar-refractivity contribution < 1.29 is 0 Å². The van der Waals surface area contributed by atoms with Gasteiger partial charge < -0.3 is 10.6 Å². The standard InChI is InChI=1S/C23H33N5/c1-19-11-15-28(16-12-19)18-21-8-4-3-7-20(21)17-27-23(24-2)26-14-10-22-9-5-6-13-25-22/h3-9,13,19H,10-12,14-18H2,1-2H3,(H2,24,26,27). The number of pyridine rings is 1. The van der Waals surface area contributed by atoms with E-state index in [1.165, 1.54) is 37.1 Å². The van der Waals surface area contributed by atoms with Crippen LogP contribution in [0.15, 0.2) is 53.7 Å². The highest BCUT2D eigenvalue weighted by molar-refractivity contribution is 5.79. The van der Waals surface area contributed by atoms with Gasteiger partial charge >= 0.3 is 0 Å². The lowest BCUT2D eigenvalue weighted by atomic mass is 9.98. The first kappa shape index (κ1) is 20.3. The zero-order valence-electron chi connectivity index (χ0n) is 17.2. The highest BCUT2D eigenvalue weighted by Crippen LogP contribution is 2.19. The van der Waals surface area contributed by atoms with Gasteiger partial charge in [-0.05, 0) is 55.1 Å². The first-order valence-electron chi connectivity index (χ1n) is 10.4. The van der Waals surface area contributed by atoms with Crippen LogP contribution in [0.2, 0.25) is 0 Å². The lowest BCUT2D eigenvalue weighted by molar-refractivity contribution is 0.185. The molecule has 1 fully saturated rings. The molecule has 1 aromatic heterocycles. The molecular formula is C23H33N5. The van der Waals surface area contributed by atoms with Crippen LogP contribution < -0.4 is 10.6 Å². The van der Waals surface area contributed by atoms with Crippen LogP contribution in [-0.2, 0) is 19.5 Å². The number of nitrogens with zero attached hydrogens (tertiary/aromatic N) is 3. The number of likely N-dealkylation sites (tertiary alicyclic amines) is 1. The topological polar surface area (TPSA) is 52.6 Å². The fourth-order valence-corrected chi connectivity index (χ4v) is 3.60. The van der Waals surface area contributed by atoms with Crippen molar-refractivity contribution in [3.63, 3.8) is 0 Å².